The lowest BCUT2D eigenvalue weighted by Crippen LogP contribution is -2.36. The number of hydrogen-bond donors (Lipinski definition) is 0. The van der Waals surface area contributed by atoms with Crippen molar-refractivity contribution in [2.24, 2.45) is 12.5 Å². The first kappa shape index (κ1) is 18.2. The fraction of sp³-hybridized carbons (Fsp3) is 0.571. The first-order valence-electron chi connectivity index (χ1n) is 9.91. The number of benzene rings is 1. The molecule has 1 atom stereocenters. The Labute approximate surface area is 160 Å². The molecule has 2 aromatic rings. The summed E-state index contributed by atoms with van der Waals surface area (Å²) in [4.78, 5) is 14.8. The number of aryl methyl sites for hydroxylation is 1. The molecule has 1 unspecified atom stereocenters. The summed E-state index contributed by atoms with van der Waals surface area (Å²) < 4.78 is 7.71. The molecular formula is C21H28N4O2. The minimum absolute atomic E-state index is 0.0838. The molecule has 1 aromatic carbocycles. The molecular weight excluding hydrogens is 340 g/mol. The van der Waals surface area contributed by atoms with Crippen LogP contribution in [0.15, 0.2) is 36.7 Å². The quantitative estimate of drug-likeness (QED) is 0.814. The van der Waals surface area contributed by atoms with Crippen LogP contribution in [-0.2, 0) is 23.2 Å². The van der Waals surface area contributed by atoms with Crippen molar-refractivity contribution in [3.8, 4) is 0 Å². The molecule has 1 saturated carbocycles. The molecule has 6 nitrogen and oxygen atoms in total. The molecule has 2 fully saturated rings. The predicted molar refractivity (Wildman–Crippen MR) is 102 cm³/mol. The normalized spacial score (nSPS) is 21.7. The molecule has 0 radical (unpaired) electrons. The van der Waals surface area contributed by atoms with E-state index in [0.29, 0.717) is 6.61 Å². The molecule has 6 heteroatoms. The van der Waals surface area contributed by atoms with Gasteiger partial charge in [0.15, 0.2) is 0 Å². The number of rotatable bonds is 5. The van der Waals surface area contributed by atoms with Gasteiger partial charge in [-0.2, -0.15) is 0 Å². The summed E-state index contributed by atoms with van der Waals surface area (Å²) in [5, 5.41) is 8.47. The lowest BCUT2D eigenvalue weighted by atomic mass is 9.67. The van der Waals surface area contributed by atoms with Crippen LogP contribution in [0.4, 0.5) is 0 Å². The zero-order valence-corrected chi connectivity index (χ0v) is 16.0. The Kier molecular flexibility index (Phi) is 5.25. The summed E-state index contributed by atoms with van der Waals surface area (Å²) in [6, 6.07) is 9.98. The molecule has 0 N–H and O–H groups in total. The van der Waals surface area contributed by atoms with Crippen LogP contribution in [0, 0.1) is 5.41 Å². The largest absolute Gasteiger partial charge is 0.367 e. The van der Waals surface area contributed by atoms with Gasteiger partial charge in [0.1, 0.15) is 18.8 Å². The van der Waals surface area contributed by atoms with E-state index in [1.54, 1.807) is 6.33 Å². The van der Waals surface area contributed by atoms with Crippen molar-refractivity contribution >= 4 is 5.91 Å². The van der Waals surface area contributed by atoms with E-state index in [-0.39, 0.29) is 23.8 Å². The van der Waals surface area contributed by atoms with E-state index in [1.165, 1.54) is 32.1 Å². The van der Waals surface area contributed by atoms with Crippen molar-refractivity contribution < 1.29 is 9.53 Å². The zero-order chi connectivity index (χ0) is 18.7. The third-order valence-corrected chi connectivity index (χ3v) is 6.25. The average Bonchev–Trinajstić information content (AvgIpc) is 3.27. The number of likely N-dealkylation sites (tertiary alicyclic amines) is 1. The molecule has 0 bridgehead atoms. The lowest BCUT2D eigenvalue weighted by molar-refractivity contribution is -0.136. The first-order chi connectivity index (χ1) is 13.2. The second kappa shape index (κ2) is 7.80. The summed E-state index contributed by atoms with van der Waals surface area (Å²) in [7, 11) is 2.00. The summed E-state index contributed by atoms with van der Waals surface area (Å²) in [5.41, 5.74) is 1.24. The Bertz CT molecular complexity index is 767. The van der Waals surface area contributed by atoms with Gasteiger partial charge in [-0.1, -0.05) is 49.6 Å². The molecule has 1 aliphatic carbocycles. The number of carbonyl (C=O) groups is 1. The van der Waals surface area contributed by atoms with Gasteiger partial charge in [-0.3, -0.25) is 4.79 Å². The van der Waals surface area contributed by atoms with Crippen LogP contribution in [0.1, 0.15) is 49.4 Å². The number of aromatic nitrogens is 3. The second-order valence-corrected chi connectivity index (χ2v) is 8.03. The van der Waals surface area contributed by atoms with Crippen molar-refractivity contribution in [1.29, 1.82) is 0 Å². The number of ether oxygens (including phenoxy) is 1. The van der Waals surface area contributed by atoms with Gasteiger partial charge in [-0.25, -0.2) is 0 Å². The first-order valence-corrected chi connectivity index (χ1v) is 9.91. The molecule has 1 spiro atoms. The van der Waals surface area contributed by atoms with Crippen molar-refractivity contribution in [2.75, 3.05) is 19.7 Å². The van der Waals surface area contributed by atoms with Crippen LogP contribution in [0.3, 0.4) is 0 Å². The molecule has 1 amide bonds. The van der Waals surface area contributed by atoms with Crippen LogP contribution in [0.5, 0.6) is 0 Å². The minimum Gasteiger partial charge on any atom is -0.367 e. The van der Waals surface area contributed by atoms with Gasteiger partial charge in [0, 0.05) is 26.1 Å². The van der Waals surface area contributed by atoms with Gasteiger partial charge in [0.25, 0.3) is 0 Å². The van der Waals surface area contributed by atoms with Crippen molar-refractivity contribution in [3.05, 3.63) is 48.0 Å². The summed E-state index contributed by atoms with van der Waals surface area (Å²) in [5.74, 6) is 1.36. The van der Waals surface area contributed by atoms with E-state index in [9.17, 15) is 4.79 Å². The molecule has 4 rings (SSSR count). The summed E-state index contributed by atoms with van der Waals surface area (Å²) >= 11 is 0. The SMILES string of the molecule is Cn1cnnc1C1CN(C(=O)COCc2ccccc2)CC12CCCCC2. The average molecular weight is 368 g/mol. The van der Waals surface area contributed by atoms with E-state index in [1.807, 2.05) is 46.8 Å². The van der Waals surface area contributed by atoms with Gasteiger partial charge >= 0.3 is 0 Å². The molecule has 1 saturated heterocycles. The van der Waals surface area contributed by atoms with E-state index in [2.05, 4.69) is 10.2 Å². The number of carbonyl (C=O) groups excluding carboxylic acids is 1. The van der Waals surface area contributed by atoms with Crippen LogP contribution in [-0.4, -0.2) is 45.3 Å². The second-order valence-electron chi connectivity index (χ2n) is 8.03. The van der Waals surface area contributed by atoms with Crippen LogP contribution < -0.4 is 0 Å². The van der Waals surface area contributed by atoms with Gasteiger partial charge in [0.2, 0.25) is 5.91 Å². The molecule has 1 aromatic heterocycles. The van der Waals surface area contributed by atoms with E-state index in [4.69, 9.17) is 4.74 Å². The van der Waals surface area contributed by atoms with Crippen LogP contribution in [0.25, 0.3) is 0 Å². The number of hydrogen-bond acceptors (Lipinski definition) is 4. The maximum absolute atomic E-state index is 12.8. The van der Waals surface area contributed by atoms with E-state index < -0.39 is 0 Å². The molecule has 1 aliphatic heterocycles. The van der Waals surface area contributed by atoms with Crippen LogP contribution >= 0.6 is 0 Å². The van der Waals surface area contributed by atoms with Crippen molar-refractivity contribution in [2.45, 2.75) is 44.6 Å². The fourth-order valence-electron chi connectivity index (χ4n) is 4.81. The van der Waals surface area contributed by atoms with Gasteiger partial charge in [-0.05, 0) is 23.8 Å². The number of amides is 1. The Morgan fingerprint density at radius 3 is 2.70 bits per heavy atom. The van der Waals surface area contributed by atoms with E-state index >= 15 is 0 Å². The minimum atomic E-state index is 0.0838. The smallest absolute Gasteiger partial charge is 0.248 e. The monoisotopic (exact) mass is 368 g/mol. The van der Waals surface area contributed by atoms with E-state index in [0.717, 1.165) is 24.5 Å². The Morgan fingerprint density at radius 2 is 2.00 bits per heavy atom. The van der Waals surface area contributed by atoms with Crippen molar-refractivity contribution in [1.82, 2.24) is 19.7 Å². The molecule has 27 heavy (non-hydrogen) atoms. The summed E-state index contributed by atoms with van der Waals surface area (Å²) in [6.07, 6.45) is 7.86. The highest BCUT2D eigenvalue weighted by molar-refractivity contribution is 5.78. The Hall–Kier alpha value is -2.21. The maximum atomic E-state index is 12.8. The highest BCUT2D eigenvalue weighted by Gasteiger charge is 2.50. The highest BCUT2D eigenvalue weighted by atomic mass is 16.5. The lowest BCUT2D eigenvalue weighted by Gasteiger charge is -2.37. The molecule has 2 aliphatic rings. The molecule has 144 valence electrons. The number of nitrogens with zero attached hydrogens (tertiary/aromatic N) is 4. The fourth-order valence-corrected chi connectivity index (χ4v) is 4.81. The summed E-state index contributed by atoms with van der Waals surface area (Å²) in [6.45, 7) is 2.15. The highest BCUT2D eigenvalue weighted by Crippen LogP contribution is 2.51. The predicted octanol–water partition coefficient (Wildman–Crippen LogP) is 2.91. The topological polar surface area (TPSA) is 60.2 Å². The third-order valence-electron chi connectivity index (χ3n) is 6.25. The molecule has 2 heterocycles. The maximum Gasteiger partial charge on any atom is 0.248 e. The third kappa shape index (κ3) is 3.76. The Morgan fingerprint density at radius 1 is 1.22 bits per heavy atom. The van der Waals surface area contributed by atoms with Gasteiger partial charge in [0.05, 0.1) is 6.61 Å². The standard InChI is InChI=1S/C21H28N4O2/c1-24-16-22-23-20(24)18-12-25(15-21(18)10-6-3-7-11-21)19(26)14-27-13-17-8-4-2-5-9-17/h2,4-5,8-9,16,18H,3,6-7,10-15H2,1H3. The van der Waals surface area contributed by atoms with Crippen LogP contribution in [0.2, 0.25) is 0 Å². The van der Waals surface area contributed by atoms with Gasteiger partial charge in [-0.15, -0.1) is 10.2 Å². The van der Waals surface area contributed by atoms with Gasteiger partial charge < -0.3 is 14.2 Å². The zero-order valence-electron chi connectivity index (χ0n) is 16.0. The Balaban J connectivity index is 1.43. The van der Waals surface area contributed by atoms with Crippen molar-refractivity contribution in [3.63, 3.8) is 0 Å².